The number of aliphatic carboxylic acids is 2. The second-order valence-electron chi connectivity index (χ2n) is 1.01. The van der Waals surface area contributed by atoms with Crippen molar-refractivity contribution >= 4 is 11.9 Å². The van der Waals surface area contributed by atoms with Crippen molar-refractivity contribution in [1.29, 1.82) is 0 Å². The van der Waals surface area contributed by atoms with Gasteiger partial charge in [-0.2, -0.15) is 0 Å². The van der Waals surface area contributed by atoms with Crippen molar-refractivity contribution in [2.24, 2.45) is 0 Å². The molecule has 0 saturated carbocycles. The third-order valence-electron chi connectivity index (χ3n) is 0.368. The van der Waals surface area contributed by atoms with E-state index in [9.17, 15) is 9.59 Å². The SMILES string of the molecule is N.O=C(O)/C=C\C(=O)O.[H-].[Na+]. The minimum Gasteiger partial charge on any atom is -1.00 e. The number of carbonyl (C=O) groups is 2. The Labute approximate surface area is 81.1 Å². The van der Waals surface area contributed by atoms with Crippen LogP contribution in [-0.4, -0.2) is 22.2 Å². The largest absolute Gasteiger partial charge is 1.00 e. The first-order valence-electron chi connectivity index (χ1n) is 1.77. The van der Waals surface area contributed by atoms with E-state index < -0.39 is 11.9 Å². The second-order valence-corrected chi connectivity index (χ2v) is 1.01. The van der Waals surface area contributed by atoms with Crippen molar-refractivity contribution in [3.8, 4) is 0 Å². The molecule has 0 atom stereocenters. The maximum Gasteiger partial charge on any atom is 1.00 e. The molecule has 0 fully saturated rings. The Bertz CT molecular complexity index is 133. The van der Waals surface area contributed by atoms with Gasteiger partial charge in [-0.25, -0.2) is 9.59 Å². The predicted molar refractivity (Wildman–Crippen MR) is 30.5 cm³/mol. The molecule has 0 bridgehead atoms. The Morgan fingerprint density at radius 1 is 1.10 bits per heavy atom. The standard InChI is InChI=1S/C4H4O4.H3N.Na.H/c5-3(6)1-2-4(7)8;;;/h1-2H,(H,5,6)(H,7,8);1H3;;/q;;+1;-1/b2-1-;;;. The molecule has 0 aliphatic rings. The molecule has 5 nitrogen and oxygen atoms in total. The predicted octanol–water partition coefficient (Wildman–Crippen LogP) is -3.01. The Hall–Kier alpha value is -0.360. The molecule has 0 unspecified atom stereocenters. The minimum atomic E-state index is -1.26. The molecular formula is C4H8NNaO4. The van der Waals surface area contributed by atoms with Crippen molar-refractivity contribution in [3.63, 3.8) is 0 Å². The van der Waals surface area contributed by atoms with Crippen molar-refractivity contribution in [3.05, 3.63) is 12.2 Å². The summed E-state index contributed by atoms with van der Waals surface area (Å²) in [6, 6.07) is 0. The average molecular weight is 157 g/mol. The first-order valence-corrected chi connectivity index (χ1v) is 1.77. The number of hydrogen-bond donors (Lipinski definition) is 3. The average Bonchev–Trinajstić information content (AvgIpc) is 1.61. The van der Waals surface area contributed by atoms with Crippen LogP contribution in [0.2, 0.25) is 0 Å². The number of hydrogen-bond acceptors (Lipinski definition) is 3. The molecular weight excluding hydrogens is 149 g/mol. The summed E-state index contributed by atoms with van der Waals surface area (Å²) >= 11 is 0. The van der Waals surface area contributed by atoms with Crippen LogP contribution >= 0.6 is 0 Å². The number of carboxylic acid groups (broad SMARTS) is 2. The first-order chi connectivity index (χ1) is 3.63. The normalized spacial score (nSPS) is 7.60. The van der Waals surface area contributed by atoms with Crippen molar-refractivity contribution in [2.45, 2.75) is 0 Å². The minimum absolute atomic E-state index is 0. The molecule has 0 saturated heterocycles. The van der Waals surface area contributed by atoms with E-state index in [4.69, 9.17) is 10.2 Å². The Morgan fingerprint density at radius 2 is 1.30 bits per heavy atom. The summed E-state index contributed by atoms with van der Waals surface area (Å²) in [6.45, 7) is 0. The van der Waals surface area contributed by atoms with Crippen LogP contribution in [0.1, 0.15) is 1.43 Å². The van der Waals surface area contributed by atoms with E-state index in [-0.39, 0.29) is 37.1 Å². The summed E-state index contributed by atoms with van der Waals surface area (Å²) in [5, 5.41) is 15.6. The van der Waals surface area contributed by atoms with E-state index in [2.05, 4.69) is 0 Å². The maximum atomic E-state index is 9.55. The zero-order valence-corrected chi connectivity index (χ0v) is 7.57. The summed E-state index contributed by atoms with van der Waals surface area (Å²) in [7, 11) is 0. The molecule has 5 N–H and O–H groups in total. The molecule has 0 aromatic carbocycles. The van der Waals surface area contributed by atoms with Crippen LogP contribution < -0.4 is 35.7 Å². The molecule has 0 aliphatic heterocycles. The summed E-state index contributed by atoms with van der Waals surface area (Å²) in [6.07, 6.45) is 1.12. The van der Waals surface area contributed by atoms with Gasteiger partial charge in [-0.3, -0.25) is 0 Å². The van der Waals surface area contributed by atoms with Gasteiger partial charge in [0.05, 0.1) is 0 Å². The van der Waals surface area contributed by atoms with Gasteiger partial charge in [0, 0.05) is 12.2 Å². The van der Waals surface area contributed by atoms with Crippen LogP contribution in [0.5, 0.6) is 0 Å². The van der Waals surface area contributed by atoms with Crippen LogP contribution in [0.25, 0.3) is 0 Å². The first kappa shape index (κ1) is 16.3. The Morgan fingerprint density at radius 3 is 1.40 bits per heavy atom. The van der Waals surface area contributed by atoms with E-state index in [0.29, 0.717) is 12.2 Å². The third kappa shape index (κ3) is 15.6. The monoisotopic (exact) mass is 157 g/mol. The van der Waals surface area contributed by atoms with Gasteiger partial charge in [0.15, 0.2) is 0 Å². The molecule has 0 rings (SSSR count). The molecule has 0 spiro atoms. The molecule has 10 heavy (non-hydrogen) atoms. The van der Waals surface area contributed by atoms with Gasteiger partial charge in [0.2, 0.25) is 0 Å². The molecule has 0 aromatic heterocycles. The molecule has 0 amide bonds. The second kappa shape index (κ2) is 8.64. The van der Waals surface area contributed by atoms with E-state index in [1.165, 1.54) is 0 Å². The van der Waals surface area contributed by atoms with Crippen molar-refractivity contribution < 1.29 is 50.8 Å². The zero-order chi connectivity index (χ0) is 6.57. The zero-order valence-electron chi connectivity index (χ0n) is 6.57. The molecule has 0 heterocycles. The van der Waals surface area contributed by atoms with Crippen LogP contribution in [0.3, 0.4) is 0 Å². The van der Waals surface area contributed by atoms with Gasteiger partial charge >= 0.3 is 41.5 Å². The van der Waals surface area contributed by atoms with E-state index in [1.807, 2.05) is 0 Å². The molecule has 54 valence electrons. The van der Waals surface area contributed by atoms with Crippen LogP contribution in [0.4, 0.5) is 0 Å². The van der Waals surface area contributed by atoms with Crippen molar-refractivity contribution in [1.82, 2.24) is 6.15 Å². The van der Waals surface area contributed by atoms with Crippen molar-refractivity contribution in [2.75, 3.05) is 0 Å². The van der Waals surface area contributed by atoms with Gasteiger partial charge in [-0.1, -0.05) is 0 Å². The molecule has 0 radical (unpaired) electrons. The summed E-state index contributed by atoms with van der Waals surface area (Å²) in [4.78, 5) is 19.1. The van der Waals surface area contributed by atoms with Gasteiger partial charge < -0.3 is 17.8 Å². The van der Waals surface area contributed by atoms with Gasteiger partial charge in [0.1, 0.15) is 0 Å². The quantitative estimate of drug-likeness (QED) is 0.292. The van der Waals surface area contributed by atoms with Gasteiger partial charge in [0.25, 0.3) is 0 Å². The maximum absolute atomic E-state index is 9.55. The smallest absolute Gasteiger partial charge is 1.00 e. The third-order valence-corrected chi connectivity index (χ3v) is 0.368. The molecule has 0 aliphatic carbocycles. The van der Waals surface area contributed by atoms with Gasteiger partial charge in [-0.15, -0.1) is 0 Å². The van der Waals surface area contributed by atoms with Gasteiger partial charge in [-0.05, 0) is 0 Å². The van der Waals surface area contributed by atoms with E-state index in [1.54, 1.807) is 0 Å². The fourth-order valence-corrected chi connectivity index (χ4v) is 0.143. The van der Waals surface area contributed by atoms with Crippen LogP contribution in [0.15, 0.2) is 12.2 Å². The Balaban J connectivity index is -0.0000000817. The fourth-order valence-electron chi connectivity index (χ4n) is 0.143. The topological polar surface area (TPSA) is 110 Å². The molecule has 6 heteroatoms. The van der Waals surface area contributed by atoms with Crippen LogP contribution in [0, 0.1) is 0 Å². The van der Waals surface area contributed by atoms with Crippen LogP contribution in [-0.2, 0) is 9.59 Å². The van der Waals surface area contributed by atoms with E-state index in [0.717, 1.165) is 0 Å². The summed E-state index contributed by atoms with van der Waals surface area (Å²) < 4.78 is 0. The molecule has 0 aromatic rings. The van der Waals surface area contributed by atoms with E-state index >= 15 is 0 Å². The number of rotatable bonds is 2. The fraction of sp³-hybridized carbons (Fsp3) is 0. The summed E-state index contributed by atoms with van der Waals surface area (Å²) in [5.74, 6) is -2.51. The Kier molecular flexibility index (Phi) is 14.1. The summed E-state index contributed by atoms with van der Waals surface area (Å²) in [5.41, 5.74) is 0. The number of carboxylic acids is 2.